The first kappa shape index (κ1) is 63.4. The summed E-state index contributed by atoms with van der Waals surface area (Å²) in [5.41, 5.74) is 30.3. The predicted molar refractivity (Wildman–Crippen MR) is 355 cm³/mol. The third kappa shape index (κ3) is 16.9. The van der Waals surface area contributed by atoms with E-state index in [4.69, 9.17) is 44.0 Å². The first-order valence-corrected chi connectivity index (χ1v) is 29.0. The molecule has 0 saturated carbocycles. The van der Waals surface area contributed by atoms with Crippen LogP contribution in [0.25, 0.3) is 23.3 Å². The summed E-state index contributed by atoms with van der Waals surface area (Å²) in [7, 11) is 1.49. The number of benzene rings is 4. The van der Waals surface area contributed by atoms with Crippen molar-refractivity contribution in [1.29, 1.82) is 0 Å². The molecule has 0 unspecified atom stereocenters. The Hall–Kier alpha value is -12.1. The van der Waals surface area contributed by atoms with Gasteiger partial charge in [0.15, 0.2) is 34.8 Å². The fourth-order valence-electron chi connectivity index (χ4n) is 8.54. The Morgan fingerprint density at radius 2 is 0.901 bits per heavy atom. The minimum absolute atomic E-state index is 0.0182. The molecule has 29 heteroatoms. The van der Waals surface area contributed by atoms with Crippen LogP contribution in [0.2, 0.25) is 5.02 Å². The molecular weight excluding hydrogens is 1180 g/mol. The molecule has 0 fully saturated rings. The maximum absolute atomic E-state index is 9.76. The molecule has 13 N–H and O–H groups in total. The maximum Gasteiger partial charge on any atom is 0.248 e. The fourth-order valence-corrected chi connectivity index (χ4v) is 8.66. The lowest BCUT2D eigenvalue weighted by Crippen LogP contribution is -2.21. The number of hydrogen-bond donors (Lipinski definition) is 9. The molecule has 0 spiro atoms. The molecule has 0 aliphatic carbocycles. The topological polar surface area (TPSA) is 369 Å². The van der Waals surface area contributed by atoms with Crippen molar-refractivity contribution in [3.63, 3.8) is 0 Å². The lowest BCUT2D eigenvalue weighted by molar-refractivity contribution is 0.326. The molecular formula is C62H68ClN25O3. The Kier molecular flexibility index (Phi) is 21.3. The summed E-state index contributed by atoms with van der Waals surface area (Å²) in [6.07, 6.45) is 6.02. The second-order valence-corrected chi connectivity index (χ2v) is 19.7. The predicted octanol–water partition coefficient (Wildman–Crippen LogP) is 10.4. The van der Waals surface area contributed by atoms with Gasteiger partial charge in [0.2, 0.25) is 53.5 Å². The monoisotopic (exact) mass is 1250 g/mol. The number of nitrogens with one attached hydrogen (secondary N) is 4. The number of hydrogen-bond acceptors (Lipinski definition) is 24. The van der Waals surface area contributed by atoms with E-state index in [1.807, 2.05) is 98.8 Å². The number of phenolic OH excluding ortho intramolecular Hbond substituents is 1. The zero-order valence-corrected chi connectivity index (χ0v) is 51.4. The van der Waals surface area contributed by atoms with Crippen LogP contribution in [0.4, 0.5) is 76.0 Å². The van der Waals surface area contributed by atoms with Gasteiger partial charge in [-0.2, -0.15) is 43.6 Å². The number of aryl methyl sites for hydroxylation is 2. The van der Waals surface area contributed by atoms with E-state index in [9.17, 15) is 5.11 Å². The summed E-state index contributed by atoms with van der Waals surface area (Å²) in [6.45, 7) is 12.7. The maximum atomic E-state index is 9.76. The number of nitrogen functional groups attached to an aromatic ring is 4. The van der Waals surface area contributed by atoms with Gasteiger partial charge in [-0.3, -0.25) is 0 Å². The highest BCUT2D eigenvalue weighted by Gasteiger charge is 2.15. The number of aromatic hydroxyl groups is 1. The van der Waals surface area contributed by atoms with Crippen molar-refractivity contribution in [1.82, 2.24) is 79.0 Å². The number of pyridine rings is 4. The molecule has 28 nitrogen and oxygen atoms in total. The highest BCUT2D eigenvalue weighted by atomic mass is 35.5. The third-order valence-corrected chi connectivity index (χ3v) is 13.5. The van der Waals surface area contributed by atoms with Gasteiger partial charge >= 0.3 is 0 Å². The zero-order chi connectivity index (χ0) is 64.2. The molecule has 0 radical (unpaired) electrons. The number of anilines is 13. The highest BCUT2D eigenvalue weighted by molar-refractivity contribution is 6.31. The van der Waals surface area contributed by atoms with E-state index in [0.29, 0.717) is 82.0 Å². The number of nitrogens with two attached hydrogens (primary N) is 4. The summed E-state index contributed by atoms with van der Waals surface area (Å²) in [5.74, 6) is 5.86. The first-order chi connectivity index (χ1) is 44.2. The number of aromatic nitrogens is 16. The standard InChI is InChI=1S/C19H25N7O.C15H16N6.C14H13ClN6.C14H14N6O2/c1-4-25(5-2)15-12-10-14(11-13-15)21-19-23-18(20)26(24-19)16-8-7-9-17(22-16)27-6-3;1-2-11-6-8-12(9-7-11)18-15-19-14(16)21(20-15)13-5-3-4-10-17-13;1-9-8-10(5-6-11(9)15)18-14-19-13(16)21(20-14)12-4-2-3-7-17-12;1-22-11-6-5-9(8-10(11)21)17-14-18-13(15)20(19-14)12-4-2-3-7-16-12/h7-13H,4-6H2,1-3H3,(H3,20,21,23,24);3-10H,2H2,1H3,(H3,16,18,19,20);2-8H,1H3,(H3,16,18,19,20);2-8,21H,1H3,(H3,15,17,18,19). The van der Waals surface area contributed by atoms with Crippen LogP contribution >= 0.6 is 11.6 Å². The van der Waals surface area contributed by atoms with E-state index in [-0.39, 0.29) is 23.6 Å². The number of methoxy groups -OCH3 is 1. The van der Waals surface area contributed by atoms with Gasteiger partial charge < -0.3 is 63.7 Å². The van der Waals surface area contributed by atoms with E-state index >= 15 is 0 Å². The van der Waals surface area contributed by atoms with E-state index in [0.717, 1.165) is 42.1 Å². The number of rotatable bonds is 19. The third-order valence-electron chi connectivity index (χ3n) is 13.1. The molecule has 0 atom stereocenters. The average Bonchev–Trinajstić information content (AvgIpc) is 2.17. The molecule has 0 aliphatic heterocycles. The molecule has 466 valence electrons. The van der Waals surface area contributed by atoms with Gasteiger partial charge in [-0.1, -0.05) is 54.9 Å². The largest absolute Gasteiger partial charge is 0.504 e. The summed E-state index contributed by atoms with van der Waals surface area (Å²) < 4.78 is 16.3. The van der Waals surface area contributed by atoms with E-state index in [1.54, 1.807) is 61.1 Å². The molecule has 0 bridgehead atoms. The van der Waals surface area contributed by atoms with Crippen molar-refractivity contribution in [2.75, 3.05) is 75.9 Å². The summed E-state index contributed by atoms with van der Waals surface area (Å²) in [6, 6.07) is 48.6. The van der Waals surface area contributed by atoms with Crippen LogP contribution in [0, 0.1) is 6.92 Å². The Bertz CT molecular complexity index is 4240. The molecule has 12 rings (SSSR count). The summed E-state index contributed by atoms with van der Waals surface area (Å²) in [5, 5.41) is 40.1. The molecule has 8 heterocycles. The van der Waals surface area contributed by atoms with Crippen LogP contribution in [0.5, 0.6) is 17.4 Å². The number of phenols is 1. The number of nitrogens with zero attached hydrogens (tertiary/aromatic N) is 17. The zero-order valence-electron chi connectivity index (χ0n) is 50.6. The molecule has 0 saturated heterocycles. The normalized spacial score (nSPS) is 10.5. The molecule has 8 aromatic heterocycles. The van der Waals surface area contributed by atoms with Crippen LogP contribution in [-0.2, 0) is 6.42 Å². The summed E-state index contributed by atoms with van der Waals surface area (Å²) in [4.78, 5) is 36.0. The van der Waals surface area contributed by atoms with Crippen molar-refractivity contribution >= 4 is 87.6 Å². The van der Waals surface area contributed by atoms with E-state index in [2.05, 4.69) is 131 Å². The smallest absolute Gasteiger partial charge is 0.248 e. The molecule has 12 aromatic rings. The van der Waals surface area contributed by atoms with Gasteiger partial charge in [-0.15, -0.1) is 20.4 Å². The Morgan fingerprint density at radius 3 is 1.31 bits per heavy atom. The fraction of sp³-hybridized carbons (Fsp3) is 0.161. The highest BCUT2D eigenvalue weighted by Crippen LogP contribution is 2.30. The van der Waals surface area contributed by atoms with Crippen LogP contribution in [0.1, 0.15) is 38.8 Å². The van der Waals surface area contributed by atoms with Crippen molar-refractivity contribution in [2.24, 2.45) is 0 Å². The minimum atomic E-state index is 0.0182. The quantitative estimate of drug-likeness (QED) is 0.0363. The van der Waals surface area contributed by atoms with E-state index in [1.165, 1.54) is 43.2 Å². The average molecular weight is 1250 g/mol. The number of ether oxygens (including phenoxy) is 2. The Balaban J connectivity index is 0.000000144. The molecule has 4 aromatic carbocycles. The molecule has 0 aliphatic rings. The van der Waals surface area contributed by atoms with Crippen molar-refractivity contribution in [3.05, 3.63) is 192 Å². The van der Waals surface area contributed by atoms with Gasteiger partial charge in [0.25, 0.3) is 0 Å². The van der Waals surface area contributed by atoms with Gasteiger partial charge in [0.05, 0.1) is 13.7 Å². The Morgan fingerprint density at radius 1 is 0.484 bits per heavy atom. The van der Waals surface area contributed by atoms with E-state index < -0.39 is 0 Å². The van der Waals surface area contributed by atoms with Gasteiger partial charge in [0.1, 0.15) is 0 Å². The van der Waals surface area contributed by atoms with Crippen molar-refractivity contribution in [2.45, 2.75) is 41.0 Å². The molecule has 0 amide bonds. The van der Waals surface area contributed by atoms with Gasteiger partial charge in [-0.05, 0) is 154 Å². The van der Waals surface area contributed by atoms with Crippen LogP contribution in [0.3, 0.4) is 0 Å². The second-order valence-electron chi connectivity index (χ2n) is 19.3. The lowest BCUT2D eigenvalue weighted by atomic mass is 10.1. The van der Waals surface area contributed by atoms with Gasteiger partial charge in [-0.25, -0.2) is 15.0 Å². The lowest BCUT2D eigenvalue weighted by Gasteiger charge is -2.21. The van der Waals surface area contributed by atoms with Crippen molar-refractivity contribution in [3.8, 4) is 40.7 Å². The van der Waals surface area contributed by atoms with Crippen LogP contribution in [-0.4, -0.2) is 111 Å². The molecule has 91 heavy (non-hydrogen) atoms. The van der Waals surface area contributed by atoms with Crippen LogP contribution < -0.4 is 58.6 Å². The number of halogens is 1. The van der Waals surface area contributed by atoms with Gasteiger partial charge in [0, 0.05) is 77.3 Å². The second kappa shape index (κ2) is 30.5. The van der Waals surface area contributed by atoms with Crippen LogP contribution in [0.15, 0.2) is 176 Å². The Labute approximate surface area is 529 Å². The summed E-state index contributed by atoms with van der Waals surface area (Å²) >= 11 is 6.00. The minimum Gasteiger partial charge on any atom is -0.504 e. The first-order valence-electron chi connectivity index (χ1n) is 28.6. The SMILES string of the molecule is CCOc1cccc(-n2nc(Nc3ccc(N(CC)CC)cc3)nc2N)n1.CCc1ccc(Nc2nc(N)n(-c3ccccn3)n2)cc1.COc1ccc(Nc2nc(N)n(-c3ccccn3)n2)cc1O.Cc1cc(Nc2nc(N)n(-c3ccccn3)n2)ccc1Cl. The van der Waals surface area contributed by atoms with Crippen molar-refractivity contribution < 1.29 is 14.6 Å².